The molecule has 0 saturated carbocycles. The third-order valence-corrected chi connectivity index (χ3v) is 2.77. The summed E-state index contributed by atoms with van der Waals surface area (Å²) in [5.41, 5.74) is 0. The molecule has 0 aromatic carbocycles. The number of carbonyl (C=O) groups excluding carboxylic acids is 1. The number of amides is 1. The van der Waals surface area contributed by atoms with Gasteiger partial charge in [0.05, 0.1) is 0 Å². The van der Waals surface area contributed by atoms with Crippen molar-refractivity contribution < 1.29 is 18.0 Å². The first-order valence-electron chi connectivity index (χ1n) is 5.40. The van der Waals surface area contributed by atoms with Gasteiger partial charge in [-0.3, -0.25) is 4.79 Å². The van der Waals surface area contributed by atoms with Crippen LogP contribution in [0.1, 0.15) is 19.3 Å². The highest BCUT2D eigenvalue weighted by molar-refractivity contribution is 5.75. The molecule has 1 N–H and O–H groups in total. The predicted molar refractivity (Wildman–Crippen MR) is 53.9 cm³/mol. The zero-order chi connectivity index (χ0) is 12.2. The summed E-state index contributed by atoms with van der Waals surface area (Å²) in [6.07, 6.45) is -2.41. The molecule has 94 valence electrons. The van der Waals surface area contributed by atoms with Crippen molar-refractivity contribution in [1.82, 2.24) is 10.2 Å². The van der Waals surface area contributed by atoms with Gasteiger partial charge in [-0.25, -0.2) is 0 Å². The molecule has 1 aliphatic heterocycles. The average molecular weight is 238 g/mol. The van der Waals surface area contributed by atoms with E-state index in [9.17, 15) is 18.0 Å². The summed E-state index contributed by atoms with van der Waals surface area (Å²) in [6, 6.07) is 0. The molecule has 0 aliphatic carbocycles. The molecule has 0 spiro atoms. The minimum absolute atomic E-state index is 0.207. The Hall–Kier alpha value is -0.780. The minimum Gasteiger partial charge on any atom is -0.337 e. The molecule has 6 heteroatoms. The Bertz CT molecular complexity index is 237. The maximum absolute atomic E-state index is 12.0. The molecule has 1 heterocycles. The smallest absolute Gasteiger partial charge is 0.337 e. The van der Waals surface area contributed by atoms with Gasteiger partial charge in [0.15, 0.2) is 0 Å². The van der Waals surface area contributed by atoms with Crippen LogP contribution in [0.3, 0.4) is 0 Å². The van der Waals surface area contributed by atoms with Crippen molar-refractivity contribution in [2.75, 3.05) is 26.7 Å². The van der Waals surface area contributed by atoms with Gasteiger partial charge in [-0.2, -0.15) is 13.2 Å². The molecule has 1 fully saturated rings. The van der Waals surface area contributed by atoms with E-state index in [1.165, 1.54) is 7.05 Å². The zero-order valence-electron chi connectivity index (χ0n) is 9.31. The summed E-state index contributed by atoms with van der Waals surface area (Å²) >= 11 is 0. The molecular formula is C10H17F3N2O. The molecule has 1 unspecified atom stereocenters. The second-order valence-electron chi connectivity index (χ2n) is 4.26. The lowest BCUT2D eigenvalue weighted by molar-refractivity contribution is -0.158. The maximum Gasteiger partial charge on any atom is 0.406 e. The molecule has 0 aromatic heterocycles. The number of hydrogen-bond donors (Lipinski definition) is 1. The summed E-state index contributed by atoms with van der Waals surface area (Å²) in [6.45, 7) is 0.655. The number of rotatable bonds is 4. The van der Waals surface area contributed by atoms with Gasteiger partial charge in [0.25, 0.3) is 0 Å². The van der Waals surface area contributed by atoms with Crippen molar-refractivity contribution in [2.24, 2.45) is 5.92 Å². The number of nitrogens with zero attached hydrogens (tertiary/aromatic N) is 1. The van der Waals surface area contributed by atoms with Crippen LogP contribution in [0.2, 0.25) is 0 Å². The van der Waals surface area contributed by atoms with Crippen LogP contribution in [0.4, 0.5) is 13.2 Å². The first-order chi connectivity index (χ1) is 7.38. The quantitative estimate of drug-likeness (QED) is 0.803. The average Bonchev–Trinajstić information content (AvgIpc) is 2.63. The van der Waals surface area contributed by atoms with E-state index >= 15 is 0 Å². The van der Waals surface area contributed by atoms with Crippen LogP contribution in [0.25, 0.3) is 0 Å². The summed E-state index contributed by atoms with van der Waals surface area (Å²) in [5.74, 6) is 0.00691. The molecule has 1 aliphatic rings. The lowest BCUT2D eigenvalue weighted by Crippen LogP contribution is -2.35. The van der Waals surface area contributed by atoms with Gasteiger partial charge in [-0.15, -0.1) is 0 Å². The molecular weight excluding hydrogens is 221 g/mol. The van der Waals surface area contributed by atoms with Gasteiger partial charge >= 0.3 is 6.18 Å². The van der Waals surface area contributed by atoms with Crippen molar-refractivity contribution in [3.63, 3.8) is 0 Å². The predicted octanol–water partition coefficient (Wildman–Crippen LogP) is 1.40. The molecule has 16 heavy (non-hydrogen) atoms. The van der Waals surface area contributed by atoms with Gasteiger partial charge in [-0.1, -0.05) is 0 Å². The fourth-order valence-electron chi connectivity index (χ4n) is 1.84. The van der Waals surface area contributed by atoms with Crippen LogP contribution in [-0.4, -0.2) is 43.7 Å². The van der Waals surface area contributed by atoms with Crippen molar-refractivity contribution >= 4 is 5.91 Å². The highest BCUT2D eigenvalue weighted by Gasteiger charge is 2.31. The largest absolute Gasteiger partial charge is 0.406 e. The fraction of sp³-hybridized carbons (Fsp3) is 0.900. The topological polar surface area (TPSA) is 32.3 Å². The van der Waals surface area contributed by atoms with E-state index < -0.39 is 18.6 Å². The Kier molecular flexibility index (Phi) is 4.58. The molecule has 0 bridgehead atoms. The van der Waals surface area contributed by atoms with Crippen LogP contribution in [0.5, 0.6) is 0 Å². The molecule has 0 aromatic rings. The Labute approximate surface area is 93.0 Å². The number of carbonyl (C=O) groups is 1. The highest BCUT2D eigenvalue weighted by atomic mass is 19.4. The Morgan fingerprint density at radius 1 is 1.50 bits per heavy atom. The first kappa shape index (κ1) is 13.3. The summed E-state index contributed by atoms with van der Waals surface area (Å²) in [7, 11) is 1.20. The van der Waals surface area contributed by atoms with Crippen molar-refractivity contribution in [2.45, 2.75) is 25.4 Å². The number of alkyl halides is 3. The number of nitrogens with one attached hydrogen (secondary N) is 1. The Balaban J connectivity index is 2.23. The van der Waals surface area contributed by atoms with E-state index in [1.54, 1.807) is 0 Å². The first-order valence-corrected chi connectivity index (χ1v) is 5.40. The molecule has 1 amide bonds. The van der Waals surface area contributed by atoms with E-state index in [0.29, 0.717) is 12.3 Å². The second-order valence-corrected chi connectivity index (χ2v) is 4.26. The Morgan fingerprint density at radius 3 is 2.69 bits per heavy atom. The van der Waals surface area contributed by atoms with Crippen molar-refractivity contribution in [1.29, 1.82) is 0 Å². The highest BCUT2D eigenvalue weighted by Crippen LogP contribution is 2.18. The third kappa shape index (κ3) is 4.83. The maximum atomic E-state index is 12.0. The molecule has 0 radical (unpaired) electrons. The standard InChI is InChI=1S/C10H17F3N2O/c1-15(7-10(11,12)13)9(16)3-2-8-4-5-14-6-8/h8,14H,2-7H2,1H3. The van der Waals surface area contributed by atoms with Crippen LogP contribution in [-0.2, 0) is 4.79 Å². The van der Waals surface area contributed by atoms with Crippen molar-refractivity contribution in [3.8, 4) is 0 Å². The second kappa shape index (κ2) is 5.52. The summed E-state index contributed by atoms with van der Waals surface area (Å²) in [5, 5.41) is 3.16. The molecule has 1 atom stereocenters. The van der Waals surface area contributed by atoms with Gasteiger partial charge in [0, 0.05) is 13.5 Å². The normalized spacial score (nSPS) is 21.1. The van der Waals surface area contributed by atoms with E-state index in [4.69, 9.17) is 0 Å². The zero-order valence-corrected chi connectivity index (χ0v) is 9.31. The van der Waals surface area contributed by atoms with Crippen molar-refractivity contribution in [3.05, 3.63) is 0 Å². The summed E-state index contributed by atoms with van der Waals surface area (Å²) in [4.78, 5) is 12.1. The number of hydrogen-bond acceptors (Lipinski definition) is 2. The van der Waals surface area contributed by atoms with Crippen LogP contribution in [0, 0.1) is 5.92 Å². The van der Waals surface area contributed by atoms with Crippen LogP contribution < -0.4 is 5.32 Å². The Morgan fingerprint density at radius 2 is 2.19 bits per heavy atom. The van der Waals surface area contributed by atoms with Gasteiger partial charge in [0.1, 0.15) is 6.54 Å². The van der Waals surface area contributed by atoms with Gasteiger partial charge < -0.3 is 10.2 Å². The molecule has 1 rings (SSSR count). The van der Waals surface area contributed by atoms with Crippen LogP contribution >= 0.6 is 0 Å². The van der Waals surface area contributed by atoms with E-state index in [0.717, 1.165) is 24.4 Å². The molecule has 3 nitrogen and oxygen atoms in total. The summed E-state index contributed by atoms with van der Waals surface area (Å²) < 4.78 is 36.0. The number of halogens is 3. The monoisotopic (exact) mass is 238 g/mol. The van der Waals surface area contributed by atoms with E-state index in [1.807, 2.05) is 0 Å². The van der Waals surface area contributed by atoms with E-state index in [2.05, 4.69) is 5.32 Å². The SMILES string of the molecule is CN(CC(F)(F)F)C(=O)CCC1CCNC1. The lowest BCUT2D eigenvalue weighted by Gasteiger charge is -2.19. The molecule has 1 saturated heterocycles. The van der Waals surface area contributed by atoms with E-state index in [-0.39, 0.29) is 6.42 Å². The lowest BCUT2D eigenvalue weighted by atomic mass is 10.0. The minimum atomic E-state index is -4.31. The van der Waals surface area contributed by atoms with Crippen LogP contribution in [0.15, 0.2) is 0 Å². The fourth-order valence-corrected chi connectivity index (χ4v) is 1.84. The third-order valence-electron chi connectivity index (χ3n) is 2.77. The van der Waals surface area contributed by atoms with Gasteiger partial charge in [-0.05, 0) is 31.8 Å². The van der Waals surface area contributed by atoms with Gasteiger partial charge in [0.2, 0.25) is 5.91 Å².